The minimum atomic E-state index is 0.285. The van der Waals surface area contributed by atoms with Gasteiger partial charge in [0.25, 0.3) is 0 Å². The Morgan fingerprint density at radius 1 is 0.974 bits per heavy atom. The monoisotopic (exact) mass is 496 g/mol. The minimum Gasteiger partial charge on any atom is -0.0955 e. The van der Waals surface area contributed by atoms with Crippen LogP contribution in [0.15, 0.2) is 132 Å². The topological polar surface area (TPSA) is 0 Å². The van der Waals surface area contributed by atoms with Crippen molar-refractivity contribution in [3.8, 4) is 0 Å². The van der Waals surface area contributed by atoms with Gasteiger partial charge in [0.05, 0.1) is 0 Å². The smallest absolute Gasteiger partial charge is 0.0201 e. The molecule has 0 heterocycles. The van der Waals surface area contributed by atoms with Crippen LogP contribution in [0.3, 0.4) is 0 Å². The molecule has 0 bridgehead atoms. The molecule has 38 heavy (non-hydrogen) atoms. The molecular formula is C38H40. The van der Waals surface area contributed by atoms with Crippen LogP contribution in [0.5, 0.6) is 0 Å². The van der Waals surface area contributed by atoms with Gasteiger partial charge < -0.3 is 0 Å². The molecule has 0 aliphatic heterocycles. The Morgan fingerprint density at radius 3 is 2.45 bits per heavy atom. The molecule has 1 fully saturated rings. The quantitative estimate of drug-likeness (QED) is 0.357. The van der Waals surface area contributed by atoms with E-state index in [1.165, 1.54) is 66.8 Å². The van der Waals surface area contributed by atoms with E-state index in [-0.39, 0.29) is 5.92 Å². The van der Waals surface area contributed by atoms with E-state index in [4.69, 9.17) is 6.58 Å². The third-order valence-electron chi connectivity index (χ3n) is 8.47. The fraction of sp³-hybridized carbons (Fsp3) is 0.263. The SMILES string of the molecule is C=C(CCC)C1=C(C)C=C2CC(=CC3=CC=C(c4cc(C(=C)C)ccc4C)C3)C(=C)C2C1c1ccccc1. The number of hydrogen-bond acceptors (Lipinski definition) is 0. The summed E-state index contributed by atoms with van der Waals surface area (Å²) in [7, 11) is 0. The van der Waals surface area contributed by atoms with Crippen molar-refractivity contribution in [2.45, 2.75) is 59.3 Å². The molecule has 2 aromatic carbocycles. The fourth-order valence-corrected chi connectivity index (χ4v) is 6.58. The number of rotatable bonds is 7. The van der Waals surface area contributed by atoms with Gasteiger partial charge in [0.2, 0.25) is 0 Å². The highest BCUT2D eigenvalue weighted by Crippen LogP contribution is 2.55. The van der Waals surface area contributed by atoms with Crippen LogP contribution in [0.1, 0.15) is 74.6 Å². The maximum absolute atomic E-state index is 4.71. The van der Waals surface area contributed by atoms with Gasteiger partial charge in [-0.2, -0.15) is 0 Å². The first-order valence-electron chi connectivity index (χ1n) is 14.0. The van der Waals surface area contributed by atoms with Crippen molar-refractivity contribution in [3.05, 3.63) is 154 Å². The lowest BCUT2D eigenvalue weighted by molar-refractivity contribution is 0.619. The van der Waals surface area contributed by atoms with Crippen LogP contribution in [0.2, 0.25) is 0 Å². The van der Waals surface area contributed by atoms with Crippen molar-refractivity contribution in [3.63, 3.8) is 0 Å². The van der Waals surface area contributed by atoms with Gasteiger partial charge in [-0.15, -0.1) is 0 Å². The summed E-state index contributed by atoms with van der Waals surface area (Å²) < 4.78 is 0. The van der Waals surface area contributed by atoms with Crippen molar-refractivity contribution in [2.75, 3.05) is 0 Å². The average molecular weight is 497 g/mol. The van der Waals surface area contributed by atoms with Gasteiger partial charge in [-0.1, -0.05) is 117 Å². The molecule has 0 amide bonds. The van der Waals surface area contributed by atoms with Crippen LogP contribution in [-0.2, 0) is 0 Å². The summed E-state index contributed by atoms with van der Waals surface area (Å²) in [6.07, 6.45) is 13.5. The van der Waals surface area contributed by atoms with Crippen LogP contribution in [-0.4, -0.2) is 0 Å². The highest BCUT2D eigenvalue weighted by Gasteiger charge is 2.40. The van der Waals surface area contributed by atoms with Crippen molar-refractivity contribution in [1.29, 1.82) is 0 Å². The Kier molecular flexibility index (Phi) is 7.26. The zero-order valence-corrected chi connectivity index (χ0v) is 23.5. The standard InChI is InChI=1S/C38H40/c1-8-12-26(5)36-27(6)19-34-22-33(28(7)37(34)38(36)30-13-10-9-11-14-30)21-29-16-18-32(20-29)35-23-31(24(2)3)17-15-25(35)4/h9-11,13-19,21,23,37-38H,2,5,7-8,12,20,22H2,1,3-4,6H3. The molecule has 192 valence electrons. The molecule has 0 aromatic heterocycles. The van der Waals surface area contributed by atoms with Gasteiger partial charge >= 0.3 is 0 Å². The molecule has 3 aliphatic rings. The second kappa shape index (κ2) is 10.6. The lowest BCUT2D eigenvalue weighted by Crippen LogP contribution is -2.21. The van der Waals surface area contributed by atoms with Gasteiger partial charge in [0.1, 0.15) is 0 Å². The predicted octanol–water partition coefficient (Wildman–Crippen LogP) is 10.6. The van der Waals surface area contributed by atoms with Crippen molar-refractivity contribution < 1.29 is 0 Å². The van der Waals surface area contributed by atoms with E-state index in [0.29, 0.717) is 5.92 Å². The lowest BCUT2D eigenvalue weighted by Gasteiger charge is -2.34. The van der Waals surface area contributed by atoms with Gasteiger partial charge in [0, 0.05) is 11.8 Å². The van der Waals surface area contributed by atoms with E-state index < -0.39 is 0 Å². The second-order valence-electron chi connectivity index (χ2n) is 11.3. The van der Waals surface area contributed by atoms with Crippen LogP contribution in [0, 0.1) is 12.8 Å². The number of benzene rings is 2. The molecular weight excluding hydrogens is 456 g/mol. The van der Waals surface area contributed by atoms with E-state index in [2.05, 4.69) is 114 Å². The zero-order chi connectivity index (χ0) is 27.0. The summed E-state index contributed by atoms with van der Waals surface area (Å²) in [5.41, 5.74) is 17.3. The van der Waals surface area contributed by atoms with Crippen molar-refractivity contribution in [2.24, 2.45) is 5.92 Å². The van der Waals surface area contributed by atoms with E-state index in [1.54, 1.807) is 0 Å². The summed E-state index contributed by atoms with van der Waals surface area (Å²) in [5.74, 6) is 0.590. The molecule has 1 saturated carbocycles. The van der Waals surface area contributed by atoms with E-state index in [9.17, 15) is 0 Å². The van der Waals surface area contributed by atoms with E-state index in [1.807, 2.05) is 0 Å². The summed E-state index contributed by atoms with van der Waals surface area (Å²) in [6, 6.07) is 17.7. The molecule has 0 spiro atoms. The van der Waals surface area contributed by atoms with Gasteiger partial charge in [-0.25, -0.2) is 0 Å². The van der Waals surface area contributed by atoms with Gasteiger partial charge in [-0.05, 0) is 102 Å². The first-order chi connectivity index (χ1) is 18.3. The van der Waals surface area contributed by atoms with Gasteiger partial charge in [-0.3, -0.25) is 0 Å². The zero-order valence-electron chi connectivity index (χ0n) is 23.5. The Balaban J connectivity index is 1.43. The molecule has 3 aliphatic carbocycles. The number of aryl methyl sites for hydroxylation is 1. The molecule has 0 heteroatoms. The molecule has 5 rings (SSSR count). The Labute approximate surface area is 229 Å². The number of allylic oxidation sites excluding steroid dienone is 13. The predicted molar refractivity (Wildman–Crippen MR) is 166 cm³/mol. The fourth-order valence-electron chi connectivity index (χ4n) is 6.58. The van der Waals surface area contributed by atoms with Crippen LogP contribution in [0.25, 0.3) is 11.1 Å². The summed E-state index contributed by atoms with van der Waals surface area (Å²) in [4.78, 5) is 0. The molecule has 2 atom stereocenters. The maximum Gasteiger partial charge on any atom is 0.0201 e. The molecule has 2 unspecified atom stereocenters. The first kappa shape index (κ1) is 26.0. The minimum absolute atomic E-state index is 0.285. The average Bonchev–Trinajstić information content (AvgIpc) is 3.48. The van der Waals surface area contributed by atoms with Crippen LogP contribution in [0.4, 0.5) is 0 Å². The highest BCUT2D eigenvalue weighted by molar-refractivity contribution is 5.78. The summed E-state index contributed by atoms with van der Waals surface area (Å²) >= 11 is 0. The van der Waals surface area contributed by atoms with Crippen LogP contribution >= 0.6 is 0 Å². The molecule has 0 radical (unpaired) electrons. The Hall–Kier alpha value is -3.64. The van der Waals surface area contributed by atoms with E-state index in [0.717, 1.165) is 31.3 Å². The molecule has 0 saturated heterocycles. The number of fused-ring (bicyclic) bond motifs is 1. The molecule has 2 aromatic rings. The molecule has 0 nitrogen and oxygen atoms in total. The lowest BCUT2D eigenvalue weighted by atomic mass is 9.69. The summed E-state index contributed by atoms with van der Waals surface area (Å²) in [5, 5.41) is 0. The Morgan fingerprint density at radius 2 is 1.74 bits per heavy atom. The number of hydrogen-bond donors (Lipinski definition) is 0. The van der Waals surface area contributed by atoms with E-state index >= 15 is 0 Å². The van der Waals surface area contributed by atoms with Crippen LogP contribution < -0.4 is 0 Å². The first-order valence-corrected chi connectivity index (χ1v) is 14.0. The molecule has 0 N–H and O–H groups in total. The highest BCUT2D eigenvalue weighted by atomic mass is 14.4. The largest absolute Gasteiger partial charge is 0.0955 e. The van der Waals surface area contributed by atoms with Gasteiger partial charge in [0.15, 0.2) is 0 Å². The van der Waals surface area contributed by atoms with Crippen molar-refractivity contribution in [1.82, 2.24) is 0 Å². The van der Waals surface area contributed by atoms with Crippen molar-refractivity contribution >= 4 is 11.1 Å². The third kappa shape index (κ3) is 4.81. The summed E-state index contributed by atoms with van der Waals surface area (Å²) in [6.45, 7) is 22.2. The maximum atomic E-state index is 4.71. The Bertz CT molecular complexity index is 1480. The normalized spacial score (nSPS) is 21.8. The second-order valence-corrected chi connectivity index (χ2v) is 11.3. The third-order valence-corrected chi connectivity index (χ3v) is 8.47.